The average molecular weight is 276 g/mol. The zero-order valence-electron chi connectivity index (χ0n) is 12.0. The topological polar surface area (TPSA) is 80.3 Å². The number of carboxylic acids is 2. The number of aryl methyl sites for hydroxylation is 1. The van der Waals surface area contributed by atoms with Crippen molar-refractivity contribution in [1.29, 1.82) is 0 Å². The predicted octanol–water partition coefficient (Wildman–Crippen LogP) is 1.10. The molecule has 0 atom stereocenters. The van der Waals surface area contributed by atoms with Crippen LogP contribution in [0.5, 0.6) is 0 Å². The van der Waals surface area contributed by atoms with E-state index in [-0.39, 0.29) is 11.1 Å². The molecule has 0 aliphatic heterocycles. The lowest BCUT2D eigenvalue weighted by atomic mass is 9.90. The van der Waals surface area contributed by atoms with Gasteiger partial charge in [0.2, 0.25) is 0 Å². The van der Waals surface area contributed by atoms with Crippen LogP contribution < -0.4 is 10.2 Å². The highest BCUT2D eigenvalue weighted by atomic mass is 16.4. The number of aromatic carboxylic acids is 2. The van der Waals surface area contributed by atoms with Crippen LogP contribution in [-0.4, -0.2) is 11.9 Å². The van der Waals surface area contributed by atoms with Crippen molar-refractivity contribution in [2.24, 2.45) is 0 Å². The molecule has 110 valence electrons. The third-order valence-corrected chi connectivity index (χ3v) is 3.41. The minimum Gasteiger partial charge on any atom is -0.545 e. The Labute approximate surface area is 119 Å². The molecule has 0 aliphatic rings. The van der Waals surface area contributed by atoms with Crippen LogP contribution in [0, 0.1) is 0 Å². The van der Waals surface area contributed by atoms with E-state index in [1.807, 2.05) is 6.92 Å². The van der Waals surface area contributed by atoms with Crippen molar-refractivity contribution in [1.82, 2.24) is 0 Å². The molecule has 1 aromatic carbocycles. The number of unbranched alkanes of at least 4 members (excludes halogenated alkanes) is 2. The first-order valence-electron chi connectivity index (χ1n) is 7.10. The first kappa shape index (κ1) is 16.2. The van der Waals surface area contributed by atoms with Gasteiger partial charge in [0.05, 0.1) is 11.9 Å². The van der Waals surface area contributed by atoms with Gasteiger partial charge in [-0.15, -0.1) is 0 Å². The largest absolute Gasteiger partial charge is 0.545 e. The third-order valence-electron chi connectivity index (χ3n) is 3.41. The SMILES string of the molecule is CCCCc1ccc(C(=O)[O-])c(C(=O)[O-])c1CCCC. The first-order valence-corrected chi connectivity index (χ1v) is 7.10. The molecule has 0 saturated carbocycles. The standard InChI is InChI=1S/C16H22O4/c1-3-5-7-11-9-10-13(15(17)18)14(16(19)20)12(11)8-6-4-2/h9-10H,3-8H2,1-2H3,(H,17,18)(H,19,20)/p-2. The number of rotatable bonds is 8. The van der Waals surface area contributed by atoms with E-state index in [1.54, 1.807) is 6.07 Å². The second-order valence-electron chi connectivity index (χ2n) is 4.91. The quantitative estimate of drug-likeness (QED) is 0.712. The van der Waals surface area contributed by atoms with E-state index in [2.05, 4.69) is 6.92 Å². The van der Waals surface area contributed by atoms with Crippen LogP contribution in [0.3, 0.4) is 0 Å². The summed E-state index contributed by atoms with van der Waals surface area (Å²) in [4.78, 5) is 22.4. The summed E-state index contributed by atoms with van der Waals surface area (Å²) >= 11 is 0. The van der Waals surface area contributed by atoms with Crippen LogP contribution in [0.25, 0.3) is 0 Å². The molecule has 20 heavy (non-hydrogen) atoms. The van der Waals surface area contributed by atoms with E-state index in [0.29, 0.717) is 12.0 Å². The Kier molecular flexibility index (Phi) is 6.22. The van der Waals surface area contributed by atoms with Crippen LogP contribution in [0.1, 0.15) is 71.4 Å². The van der Waals surface area contributed by atoms with E-state index in [9.17, 15) is 19.8 Å². The Hall–Kier alpha value is -1.84. The summed E-state index contributed by atoms with van der Waals surface area (Å²) in [5, 5.41) is 22.4. The lowest BCUT2D eigenvalue weighted by Gasteiger charge is -2.20. The maximum absolute atomic E-state index is 11.3. The highest BCUT2D eigenvalue weighted by Gasteiger charge is 2.14. The molecule has 0 saturated heterocycles. The lowest BCUT2D eigenvalue weighted by Crippen LogP contribution is -2.31. The lowest BCUT2D eigenvalue weighted by molar-refractivity contribution is -0.259. The minimum atomic E-state index is -1.47. The fourth-order valence-corrected chi connectivity index (χ4v) is 2.33. The monoisotopic (exact) mass is 276 g/mol. The van der Waals surface area contributed by atoms with Gasteiger partial charge >= 0.3 is 0 Å². The fraction of sp³-hybridized carbons (Fsp3) is 0.500. The van der Waals surface area contributed by atoms with Crippen molar-refractivity contribution in [2.45, 2.75) is 52.4 Å². The highest BCUT2D eigenvalue weighted by Crippen LogP contribution is 2.23. The fourth-order valence-electron chi connectivity index (χ4n) is 2.33. The summed E-state index contributed by atoms with van der Waals surface area (Å²) in [6.45, 7) is 4.06. The van der Waals surface area contributed by atoms with Gasteiger partial charge in [0, 0.05) is 11.1 Å². The van der Waals surface area contributed by atoms with Gasteiger partial charge in [0.1, 0.15) is 0 Å². The molecule has 1 rings (SSSR count). The number of carbonyl (C=O) groups excluding carboxylic acids is 2. The van der Waals surface area contributed by atoms with E-state index in [4.69, 9.17) is 0 Å². The van der Waals surface area contributed by atoms with Gasteiger partial charge in [0.15, 0.2) is 0 Å². The van der Waals surface area contributed by atoms with Gasteiger partial charge in [-0.2, -0.15) is 0 Å². The van der Waals surface area contributed by atoms with E-state index < -0.39 is 11.9 Å². The molecule has 0 amide bonds. The van der Waals surface area contributed by atoms with Crippen molar-refractivity contribution in [3.63, 3.8) is 0 Å². The Morgan fingerprint density at radius 3 is 2.05 bits per heavy atom. The summed E-state index contributed by atoms with van der Waals surface area (Å²) < 4.78 is 0. The van der Waals surface area contributed by atoms with E-state index in [1.165, 1.54) is 6.07 Å². The van der Waals surface area contributed by atoms with Crippen molar-refractivity contribution >= 4 is 11.9 Å². The van der Waals surface area contributed by atoms with E-state index in [0.717, 1.165) is 37.7 Å². The number of carbonyl (C=O) groups is 2. The van der Waals surface area contributed by atoms with Gasteiger partial charge in [-0.25, -0.2) is 0 Å². The first-order chi connectivity index (χ1) is 9.52. The number of hydrogen-bond acceptors (Lipinski definition) is 4. The smallest absolute Gasteiger partial charge is 0.0724 e. The maximum atomic E-state index is 11.3. The van der Waals surface area contributed by atoms with Crippen molar-refractivity contribution in [3.05, 3.63) is 34.4 Å². The molecule has 4 heteroatoms. The normalized spacial score (nSPS) is 10.5. The Balaban J connectivity index is 3.35. The van der Waals surface area contributed by atoms with Gasteiger partial charge in [-0.1, -0.05) is 38.8 Å². The molecule has 0 heterocycles. The van der Waals surface area contributed by atoms with Gasteiger partial charge in [0.25, 0.3) is 0 Å². The molecule has 4 nitrogen and oxygen atoms in total. The molecule has 0 aliphatic carbocycles. The molecular formula is C16H20O4-2. The third kappa shape index (κ3) is 3.83. The van der Waals surface area contributed by atoms with Crippen molar-refractivity contribution in [2.75, 3.05) is 0 Å². The molecule has 0 aromatic heterocycles. The maximum Gasteiger partial charge on any atom is 0.0724 e. The van der Waals surface area contributed by atoms with Crippen LogP contribution in [0.2, 0.25) is 0 Å². The average Bonchev–Trinajstić information content (AvgIpc) is 2.41. The molecule has 0 N–H and O–H groups in total. The molecule has 0 bridgehead atoms. The second kappa shape index (κ2) is 7.68. The molecule has 0 spiro atoms. The Morgan fingerprint density at radius 1 is 0.950 bits per heavy atom. The molecular weight excluding hydrogens is 256 g/mol. The predicted molar refractivity (Wildman–Crippen MR) is 72.3 cm³/mol. The second-order valence-corrected chi connectivity index (χ2v) is 4.91. The van der Waals surface area contributed by atoms with Crippen LogP contribution >= 0.6 is 0 Å². The highest BCUT2D eigenvalue weighted by molar-refractivity contribution is 6.01. The van der Waals surface area contributed by atoms with Crippen molar-refractivity contribution < 1.29 is 19.8 Å². The van der Waals surface area contributed by atoms with Crippen LogP contribution in [0.15, 0.2) is 12.1 Å². The van der Waals surface area contributed by atoms with Crippen LogP contribution in [-0.2, 0) is 12.8 Å². The zero-order valence-corrected chi connectivity index (χ0v) is 12.0. The molecule has 0 fully saturated rings. The summed E-state index contributed by atoms with van der Waals surface area (Å²) in [7, 11) is 0. The molecule has 0 radical (unpaired) electrons. The summed E-state index contributed by atoms with van der Waals surface area (Å²) in [6, 6.07) is 3.03. The van der Waals surface area contributed by atoms with E-state index >= 15 is 0 Å². The number of carboxylic acid groups (broad SMARTS) is 2. The number of hydrogen-bond donors (Lipinski definition) is 0. The van der Waals surface area contributed by atoms with Crippen molar-refractivity contribution in [3.8, 4) is 0 Å². The Morgan fingerprint density at radius 2 is 1.55 bits per heavy atom. The zero-order chi connectivity index (χ0) is 15.1. The van der Waals surface area contributed by atoms with Gasteiger partial charge in [-0.3, -0.25) is 0 Å². The summed E-state index contributed by atoms with van der Waals surface area (Å²) in [6.07, 6.45) is 4.97. The Bertz CT molecular complexity index is 491. The summed E-state index contributed by atoms with van der Waals surface area (Å²) in [5.41, 5.74) is 1.02. The molecule has 0 unspecified atom stereocenters. The number of benzene rings is 1. The van der Waals surface area contributed by atoms with Gasteiger partial charge in [-0.05, 0) is 36.8 Å². The minimum absolute atomic E-state index is 0.202. The van der Waals surface area contributed by atoms with Gasteiger partial charge < -0.3 is 19.8 Å². The summed E-state index contributed by atoms with van der Waals surface area (Å²) in [5.74, 6) is -2.90. The molecule has 1 aromatic rings. The van der Waals surface area contributed by atoms with Crippen LogP contribution in [0.4, 0.5) is 0 Å².